The third kappa shape index (κ3) is 4.07. The van der Waals surface area contributed by atoms with E-state index in [1.165, 1.54) is 24.4 Å². The molecule has 0 spiro atoms. The lowest BCUT2D eigenvalue weighted by Gasteiger charge is -2.35. The fraction of sp³-hybridized carbons (Fsp3) is 0.429. The van der Waals surface area contributed by atoms with Crippen LogP contribution in [0.4, 0.5) is 0 Å². The van der Waals surface area contributed by atoms with Gasteiger partial charge in [0.2, 0.25) is 5.91 Å². The molecule has 4 rings (SSSR count). The third-order valence-corrected chi connectivity index (χ3v) is 6.30. The highest BCUT2D eigenvalue weighted by molar-refractivity contribution is 7.99. The van der Waals surface area contributed by atoms with Crippen molar-refractivity contribution in [2.24, 2.45) is 0 Å². The van der Waals surface area contributed by atoms with E-state index in [1.807, 2.05) is 36.1 Å². The summed E-state index contributed by atoms with van der Waals surface area (Å²) >= 11 is 1.27. The Balaban J connectivity index is 1.56. The largest absolute Gasteiger partial charge is 0.339 e. The van der Waals surface area contributed by atoms with E-state index in [-0.39, 0.29) is 17.2 Å². The molecule has 0 bridgehead atoms. The standard InChI is InChI=1S/C21H25N5O2S/c1-3-15-6-4-5-11-25(15)18(27)13-29-21-23-19-17(20(28)24-21)12-22-26(19)16-9-7-14(2)8-10-16/h7-10,12,15H,3-6,11,13H2,1-2H3,(H,23,24,28)/t15-/m1/s1. The van der Waals surface area contributed by atoms with Gasteiger partial charge in [0.1, 0.15) is 5.39 Å². The molecular weight excluding hydrogens is 386 g/mol. The first-order chi connectivity index (χ1) is 14.1. The number of nitrogens with zero attached hydrogens (tertiary/aromatic N) is 4. The molecule has 7 nitrogen and oxygen atoms in total. The fourth-order valence-corrected chi connectivity index (χ4v) is 4.55. The lowest BCUT2D eigenvalue weighted by molar-refractivity contribution is -0.132. The number of carbonyl (C=O) groups excluding carboxylic acids is 1. The second-order valence-corrected chi connectivity index (χ2v) is 8.40. The molecule has 1 aromatic carbocycles. The van der Waals surface area contributed by atoms with E-state index in [0.29, 0.717) is 22.2 Å². The molecule has 1 aliphatic rings. The molecule has 0 aliphatic carbocycles. The maximum absolute atomic E-state index is 12.7. The summed E-state index contributed by atoms with van der Waals surface area (Å²) in [6.45, 7) is 4.97. The molecule has 1 amide bonds. The van der Waals surface area contributed by atoms with Crippen molar-refractivity contribution in [2.75, 3.05) is 12.3 Å². The topological polar surface area (TPSA) is 83.9 Å². The highest BCUT2D eigenvalue weighted by atomic mass is 32.2. The Kier molecular flexibility index (Phi) is 5.71. The lowest BCUT2D eigenvalue weighted by Crippen LogP contribution is -2.44. The summed E-state index contributed by atoms with van der Waals surface area (Å²) in [4.78, 5) is 34.6. The molecule has 3 heterocycles. The first-order valence-corrected chi connectivity index (χ1v) is 11.0. The predicted molar refractivity (Wildman–Crippen MR) is 115 cm³/mol. The number of likely N-dealkylation sites (tertiary alicyclic amines) is 1. The predicted octanol–water partition coefficient (Wildman–Crippen LogP) is 3.30. The van der Waals surface area contributed by atoms with Crippen LogP contribution in [0.15, 0.2) is 40.4 Å². The second-order valence-electron chi connectivity index (χ2n) is 7.43. The van der Waals surface area contributed by atoms with Crippen molar-refractivity contribution in [1.82, 2.24) is 24.6 Å². The van der Waals surface area contributed by atoms with Gasteiger partial charge in [-0.2, -0.15) is 5.10 Å². The maximum Gasteiger partial charge on any atom is 0.262 e. The first kappa shape index (κ1) is 19.7. The summed E-state index contributed by atoms with van der Waals surface area (Å²) in [6, 6.07) is 8.21. The maximum atomic E-state index is 12.7. The molecular formula is C21H25N5O2S. The van der Waals surface area contributed by atoms with Crippen LogP contribution in [0.25, 0.3) is 16.7 Å². The Bertz CT molecular complexity index is 1070. The van der Waals surface area contributed by atoms with Gasteiger partial charge in [0, 0.05) is 12.6 Å². The van der Waals surface area contributed by atoms with Gasteiger partial charge in [0.25, 0.3) is 5.56 Å². The van der Waals surface area contributed by atoms with Crippen LogP contribution in [0.1, 0.15) is 38.2 Å². The van der Waals surface area contributed by atoms with E-state index >= 15 is 0 Å². The van der Waals surface area contributed by atoms with E-state index in [0.717, 1.165) is 37.1 Å². The Morgan fingerprint density at radius 3 is 2.83 bits per heavy atom. The van der Waals surface area contributed by atoms with E-state index in [4.69, 9.17) is 0 Å². The molecule has 3 aromatic rings. The van der Waals surface area contributed by atoms with Crippen LogP contribution in [0.2, 0.25) is 0 Å². The molecule has 2 aromatic heterocycles. The number of aromatic nitrogens is 4. The van der Waals surface area contributed by atoms with Crippen LogP contribution >= 0.6 is 11.8 Å². The Labute approximate surface area is 173 Å². The lowest BCUT2D eigenvalue weighted by atomic mass is 10.0. The number of thioether (sulfide) groups is 1. The highest BCUT2D eigenvalue weighted by Gasteiger charge is 2.25. The van der Waals surface area contributed by atoms with Crippen molar-refractivity contribution in [2.45, 2.75) is 50.7 Å². The van der Waals surface area contributed by atoms with Crippen molar-refractivity contribution < 1.29 is 4.79 Å². The third-order valence-electron chi connectivity index (χ3n) is 5.45. The number of hydrogen-bond donors (Lipinski definition) is 1. The smallest absolute Gasteiger partial charge is 0.262 e. The highest BCUT2D eigenvalue weighted by Crippen LogP contribution is 2.23. The van der Waals surface area contributed by atoms with E-state index in [9.17, 15) is 9.59 Å². The van der Waals surface area contributed by atoms with Gasteiger partial charge in [-0.25, -0.2) is 9.67 Å². The number of aromatic amines is 1. The minimum absolute atomic E-state index is 0.108. The van der Waals surface area contributed by atoms with Gasteiger partial charge in [-0.3, -0.25) is 9.59 Å². The Morgan fingerprint density at radius 1 is 1.28 bits per heavy atom. The molecule has 1 N–H and O–H groups in total. The molecule has 0 unspecified atom stereocenters. The summed E-state index contributed by atoms with van der Waals surface area (Å²) in [5.74, 6) is 0.375. The molecule has 29 heavy (non-hydrogen) atoms. The van der Waals surface area contributed by atoms with Crippen molar-refractivity contribution in [3.05, 3.63) is 46.4 Å². The number of aryl methyl sites for hydroxylation is 1. The molecule has 1 aliphatic heterocycles. The number of hydrogen-bond acceptors (Lipinski definition) is 5. The molecule has 152 valence electrons. The van der Waals surface area contributed by atoms with E-state index in [1.54, 1.807) is 4.68 Å². The van der Waals surface area contributed by atoms with Gasteiger partial charge >= 0.3 is 0 Å². The number of rotatable bonds is 5. The normalized spacial score (nSPS) is 17.0. The molecule has 1 saturated heterocycles. The van der Waals surface area contributed by atoms with Crippen LogP contribution in [0, 0.1) is 6.92 Å². The van der Waals surface area contributed by atoms with Gasteiger partial charge in [0.05, 0.1) is 17.6 Å². The summed E-state index contributed by atoms with van der Waals surface area (Å²) in [5.41, 5.74) is 2.24. The minimum Gasteiger partial charge on any atom is -0.339 e. The van der Waals surface area contributed by atoms with Crippen molar-refractivity contribution in [1.29, 1.82) is 0 Å². The molecule has 8 heteroatoms. The van der Waals surface area contributed by atoms with Gasteiger partial charge < -0.3 is 9.88 Å². The van der Waals surface area contributed by atoms with Gasteiger partial charge in [-0.1, -0.05) is 36.4 Å². The molecule has 0 saturated carbocycles. The van der Waals surface area contributed by atoms with Crippen LogP contribution in [-0.4, -0.2) is 48.9 Å². The van der Waals surface area contributed by atoms with Crippen molar-refractivity contribution >= 4 is 28.7 Å². The van der Waals surface area contributed by atoms with Gasteiger partial charge in [-0.15, -0.1) is 0 Å². The average molecular weight is 412 g/mol. The van der Waals surface area contributed by atoms with Gasteiger partial charge in [-0.05, 0) is 44.7 Å². The number of carbonyl (C=O) groups is 1. The van der Waals surface area contributed by atoms with Crippen molar-refractivity contribution in [3.63, 3.8) is 0 Å². The number of piperidine rings is 1. The zero-order chi connectivity index (χ0) is 20.4. The Morgan fingerprint density at radius 2 is 2.07 bits per heavy atom. The minimum atomic E-state index is -0.243. The quantitative estimate of drug-likeness (QED) is 0.514. The number of fused-ring (bicyclic) bond motifs is 1. The van der Waals surface area contributed by atoms with Crippen molar-refractivity contribution in [3.8, 4) is 5.69 Å². The van der Waals surface area contributed by atoms with Crippen LogP contribution in [0.5, 0.6) is 0 Å². The number of amides is 1. The summed E-state index contributed by atoms with van der Waals surface area (Å²) in [6.07, 6.45) is 5.82. The SMILES string of the molecule is CC[C@@H]1CCCCN1C(=O)CSc1nc2c(cnn2-c2ccc(C)cc2)c(=O)[nH]1. The monoisotopic (exact) mass is 411 g/mol. The zero-order valence-corrected chi connectivity index (χ0v) is 17.5. The fourth-order valence-electron chi connectivity index (χ4n) is 3.81. The van der Waals surface area contributed by atoms with E-state index in [2.05, 4.69) is 22.0 Å². The molecule has 1 atom stereocenters. The summed E-state index contributed by atoms with van der Waals surface area (Å²) in [5, 5.41) is 5.21. The van der Waals surface area contributed by atoms with E-state index < -0.39 is 0 Å². The van der Waals surface area contributed by atoms with Crippen LogP contribution in [-0.2, 0) is 4.79 Å². The summed E-state index contributed by atoms with van der Waals surface area (Å²) < 4.78 is 1.66. The van der Waals surface area contributed by atoms with Crippen LogP contribution < -0.4 is 5.56 Å². The first-order valence-electron chi connectivity index (χ1n) is 10.0. The van der Waals surface area contributed by atoms with Crippen LogP contribution in [0.3, 0.4) is 0 Å². The second kappa shape index (κ2) is 8.41. The zero-order valence-electron chi connectivity index (χ0n) is 16.7. The molecule has 0 radical (unpaired) electrons. The van der Waals surface area contributed by atoms with Gasteiger partial charge in [0.15, 0.2) is 10.8 Å². The number of benzene rings is 1. The molecule has 1 fully saturated rings. The average Bonchev–Trinajstić information content (AvgIpc) is 3.17. The number of nitrogens with one attached hydrogen (secondary N) is 1. The summed E-state index contributed by atoms with van der Waals surface area (Å²) in [7, 11) is 0. The number of H-pyrrole nitrogens is 1. The Hall–Kier alpha value is -2.61.